The van der Waals surface area contributed by atoms with Crippen LogP contribution in [0.4, 0.5) is 10.5 Å². The summed E-state index contributed by atoms with van der Waals surface area (Å²) in [5.41, 5.74) is 7.88. The van der Waals surface area contributed by atoms with E-state index < -0.39 is 6.29 Å². The first kappa shape index (κ1) is 37.5. The number of hydrogen-bond acceptors (Lipinski definition) is 6. The van der Waals surface area contributed by atoms with Gasteiger partial charge in [0.15, 0.2) is 6.29 Å². The summed E-state index contributed by atoms with van der Waals surface area (Å²) in [4.78, 5) is 15.0. The fourth-order valence-corrected chi connectivity index (χ4v) is 6.88. The van der Waals surface area contributed by atoms with Crippen molar-refractivity contribution in [1.29, 1.82) is 0 Å². The number of benzene rings is 6. The Morgan fingerprint density at radius 1 is 0.691 bits per heavy atom. The second kappa shape index (κ2) is 18.0. The van der Waals surface area contributed by atoms with Gasteiger partial charge in [-0.3, -0.25) is 4.90 Å². The van der Waals surface area contributed by atoms with Gasteiger partial charge >= 0.3 is 6.03 Å². The molecule has 0 spiro atoms. The average Bonchev–Trinajstić information content (AvgIpc) is 3.22. The number of aliphatic hydroxyl groups is 1. The van der Waals surface area contributed by atoms with Crippen LogP contribution in [0.2, 0.25) is 0 Å². The van der Waals surface area contributed by atoms with Gasteiger partial charge in [0.05, 0.1) is 18.8 Å². The number of carbonyl (C=O) groups excluding carboxylic acids is 1. The minimum absolute atomic E-state index is 0.00269. The fourth-order valence-electron chi connectivity index (χ4n) is 6.88. The molecule has 0 aromatic heterocycles. The van der Waals surface area contributed by atoms with Crippen LogP contribution in [0.3, 0.4) is 0 Å². The molecule has 1 aliphatic rings. The van der Waals surface area contributed by atoms with E-state index in [1.807, 2.05) is 97.1 Å². The van der Waals surface area contributed by atoms with Crippen LogP contribution < -0.4 is 15.4 Å². The lowest BCUT2D eigenvalue weighted by molar-refractivity contribution is -0.276. The molecule has 8 heteroatoms. The van der Waals surface area contributed by atoms with Crippen molar-refractivity contribution < 1.29 is 24.1 Å². The van der Waals surface area contributed by atoms with Gasteiger partial charge in [-0.15, -0.1) is 0 Å². The van der Waals surface area contributed by atoms with Crippen molar-refractivity contribution in [3.8, 4) is 22.6 Å². The summed E-state index contributed by atoms with van der Waals surface area (Å²) in [7, 11) is 2.13. The first-order chi connectivity index (χ1) is 26.9. The second-order valence-electron chi connectivity index (χ2n) is 14.1. The van der Waals surface area contributed by atoms with E-state index in [-0.39, 0.29) is 30.8 Å². The Balaban J connectivity index is 0.988. The normalized spacial score (nSPS) is 18.1. The molecular formula is C47H47N3O5. The summed E-state index contributed by atoms with van der Waals surface area (Å²) >= 11 is 0. The number of hydrogen-bond donors (Lipinski definition) is 3. The molecule has 2 amide bonds. The van der Waals surface area contributed by atoms with Crippen molar-refractivity contribution in [3.63, 3.8) is 0 Å². The first-order valence-electron chi connectivity index (χ1n) is 18.7. The minimum atomic E-state index is -0.551. The number of nitrogens with one attached hydrogen (secondary N) is 2. The highest BCUT2D eigenvalue weighted by Crippen LogP contribution is 2.42. The van der Waals surface area contributed by atoms with Gasteiger partial charge in [-0.25, -0.2) is 4.79 Å². The Hall–Kier alpha value is -5.77. The van der Waals surface area contributed by atoms with E-state index in [0.29, 0.717) is 18.0 Å². The van der Waals surface area contributed by atoms with E-state index in [1.54, 1.807) is 0 Å². The van der Waals surface area contributed by atoms with Crippen LogP contribution in [0.5, 0.6) is 11.5 Å². The summed E-state index contributed by atoms with van der Waals surface area (Å²) < 4.78 is 19.3. The highest BCUT2D eigenvalue weighted by atomic mass is 16.7. The lowest BCUT2D eigenvalue weighted by Gasteiger charge is -2.42. The zero-order valence-corrected chi connectivity index (χ0v) is 31.2. The zero-order chi connectivity index (χ0) is 38.0. The summed E-state index contributed by atoms with van der Waals surface area (Å²) in [5.74, 6) is 1.53. The zero-order valence-electron chi connectivity index (χ0n) is 31.2. The van der Waals surface area contributed by atoms with Crippen molar-refractivity contribution in [2.75, 3.05) is 18.9 Å². The monoisotopic (exact) mass is 733 g/mol. The molecule has 1 aliphatic heterocycles. The van der Waals surface area contributed by atoms with Crippen LogP contribution in [0.25, 0.3) is 11.1 Å². The maximum atomic E-state index is 12.7. The van der Waals surface area contributed by atoms with Gasteiger partial charge in [-0.1, -0.05) is 122 Å². The predicted octanol–water partition coefficient (Wildman–Crippen LogP) is 9.88. The van der Waals surface area contributed by atoms with Gasteiger partial charge in [0.1, 0.15) is 11.5 Å². The van der Waals surface area contributed by atoms with Crippen LogP contribution in [-0.2, 0) is 29.2 Å². The van der Waals surface area contributed by atoms with Crippen molar-refractivity contribution in [2.24, 2.45) is 5.92 Å². The van der Waals surface area contributed by atoms with E-state index in [1.165, 1.54) is 5.56 Å². The lowest BCUT2D eigenvalue weighted by atomic mass is 9.90. The van der Waals surface area contributed by atoms with Gasteiger partial charge in [0.25, 0.3) is 0 Å². The Morgan fingerprint density at radius 2 is 1.35 bits per heavy atom. The number of carbonyl (C=O) groups is 1. The molecule has 6 aromatic carbocycles. The maximum Gasteiger partial charge on any atom is 0.319 e. The van der Waals surface area contributed by atoms with E-state index >= 15 is 0 Å². The molecule has 0 bridgehead atoms. The smallest absolute Gasteiger partial charge is 0.319 e. The van der Waals surface area contributed by atoms with E-state index in [0.717, 1.165) is 52.2 Å². The third-order valence-electron chi connectivity index (χ3n) is 9.90. The highest BCUT2D eigenvalue weighted by molar-refractivity contribution is 5.89. The molecule has 0 saturated carbocycles. The molecule has 0 unspecified atom stereocenters. The number of urea groups is 1. The predicted molar refractivity (Wildman–Crippen MR) is 216 cm³/mol. The summed E-state index contributed by atoms with van der Waals surface area (Å²) in [5, 5.41) is 15.5. The standard InChI is InChI=1S/C47H47N3O5/c1-33-44(31-50(2)30-34-10-5-3-6-11-34)54-46(55-45(33)38-18-16-35(32-51)17-19-38)39-22-20-37(21-23-39)40-13-9-12-36(28-40)29-48-47(52)49-41-24-26-43(27-25-41)53-42-14-7-4-8-15-42/h3-28,33,44-46,51H,29-32H2,1-2H3,(H2,48,49,52)/t33-,44+,45+,46+/m1/s1. The van der Waals surface area contributed by atoms with Crippen LogP contribution in [-0.4, -0.2) is 35.7 Å². The molecule has 1 heterocycles. The van der Waals surface area contributed by atoms with Crippen molar-refractivity contribution >= 4 is 11.7 Å². The molecule has 1 saturated heterocycles. The number of rotatable bonds is 13. The second-order valence-corrected chi connectivity index (χ2v) is 14.1. The van der Waals surface area contributed by atoms with Gasteiger partial charge in [-0.2, -0.15) is 0 Å². The molecule has 1 fully saturated rings. The molecule has 6 aromatic rings. The quantitative estimate of drug-likeness (QED) is 0.110. The molecule has 4 atom stereocenters. The first-order valence-corrected chi connectivity index (χ1v) is 18.7. The molecule has 0 radical (unpaired) electrons. The maximum absolute atomic E-state index is 12.7. The Bertz CT molecular complexity index is 2110. The number of anilines is 1. The SMILES string of the molecule is C[C@@H]1[C@H](CN(C)Cc2ccccc2)O[C@H](c2ccc(-c3cccc(CNC(=O)Nc4ccc(Oc5ccccc5)cc4)c3)cc2)O[C@@H]1c1ccc(CO)cc1. The van der Waals surface area contributed by atoms with E-state index in [4.69, 9.17) is 14.2 Å². The summed E-state index contributed by atoms with van der Waals surface area (Å²) in [6, 6.07) is 51.5. The number of amides is 2. The van der Waals surface area contributed by atoms with E-state index in [2.05, 4.69) is 90.2 Å². The van der Waals surface area contributed by atoms with Gasteiger partial charge in [0.2, 0.25) is 0 Å². The number of nitrogens with zero attached hydrogens (tertiary/aromatic N) is 1. The van der Waals surface area contributed by atoms with Crippen molar-refractivity contribution in [3.05, 3.63) is 186 Å². The molecular weight excluding hydrogens is 687 g/mol. The number of aliphatic hydroxyl groups excluding tert-OH is 1. The van der Waals surface area contributed by atoms with Crippen LogP contribution in [0.1, 0.15) is 47.1 Å². The molecule has 55 heavy (non-hydrogen) atoms. The van der Waals surface area contributed by atoms with Gasteiger partial charge in [0, 0.05) is 36.8 Å². The third-order valence-corrected chi connectivity index (χ3v) is 9.90. The Morgan fingerprint density at radius 3 is 2.05 bits per heavy atom. The van der Waals surface area contributed by atoms with Crippen molar-refractivity contribution in [2.45, 2.75) is 45.1 Å². The van der Waals surface area contributed by atoms with Crippen molar-refractivity contribution in [1.82, 2.24) is 10.2 Å². The van der Waals surface area contributed by atoms with Crippen LogP contribution in [0, 0.1) is 5.92 Å². The Labute approximate surface area is 323 Å². The highest BCUT2D eigenvalue weighted by Gasteiger charge is 2.38. The molecule has 7 rings (SSSR count). The lowest BCUT2D eigenvalue weighted by Crippen LogP contribution is -2.43. The number of para-hydroxylation sites is 1. The van der Waals surface area contributed by atoms with Crippen LogP contribution >= 0.6 is 0 Å². The number of likely N-dealkylation sites (N-methyl/N-ethyl adjacent to an activating group) is 1. The number of ether oxygens (including phenoxy) is 3. The van der Waals surface area contributed by atoms with Gasteiger partial charge in [-0.05, 0) is 82.9 Å². The minimum Gasteiger partial charge on any atom is -0.457 e. The molecule has 0 aliphatic carbocycles. The molecule has 8 nitrogen and oxygen atoms in total. The summed E-state index contributed by atoms with van der Waals surface area (Å²) in [6.07, 6.45) is -0.815. The largest absolute Gasteiger partial charge is 0.457 e. The topological polar surface area (TPSA) is 92.3 Å². The summed E-state index contributed by atoms with van der Waals surface area (Å²) in [6.45, 7) is 4.13. The Kier molecular flexibility index (Phi) is 12.3. The van der Waals surface area contributed by atoms with Gasteiger partial charge < -0.3 is 30.0 Å². The van der Waals surface area contributed by atoms with Crippen LogP contribution in [0.15, 0.2) is 158 Å². The van der Waals surface area contributed by atoms with E-state index in [9.17, 15) is 9.90 Å². The fraction of sp³-hybridized carbons (Fsp3) is 0.213. The molecule has 280 valence electrons. The third kappa shape index (κ3) is 10.1. The average molecular weight is 734 g/mol. The molecule has 3 N–H and O–H groups in total.